The summed E-state index contributed by atoms with van der Waals surface area (Å²) < 4.78 is 11.5. The molecular formula is C18H29NO2. The van der Waals surface area contributed by atoms with Gasteiger partial charge in [0, 0.05) is 0 Å². The van der Waals surface area contributed by atoms with Gasteiger partial charge in [0.1, 0.15) is 5.75 Å². The van der Waals surface area contributed by atoms with Crippen LogP contribution in [0.15, 0.2) is 24.3 Å². The van der Waals surface area contributed by atoms with Crippen molar-refractivity contribution in [1.82, 2.24) is 5.32 Å². The first-order valence-electron chi connectivity index (χ1n) is 8.21. The standard InChI is InChI=1S/C18H29NO2/c1-4-19-18(15-6-5-7-17(12-15)20-3)13-21-16-10-8-14(2)9-11-16/h5-7,12,14,16,18-19H,4,8-11,13H2,1-3H3. The molecule has 1 aromatic carbocycles. The maximum Gasteiger partial charge on any atom is 0.119 e. The molecule has 1 atom stereocenters. The Kier molecular flexibility index (Phi) is 6.52. The number of likely N-dealkylation sites (N-methyl/N-ethyl adjacent to an activating group) is 1. The van der Waals surface area contributed by atoms with E-state index in [0.717, 1.165) is 24.8 Å². The molecule has 0 aliphatic heterocycles. The van der Waals surface area contributed by atoms with E-state index in [1.807, 2.05) is 12.1 Å². The molecule has 3 nitrogen and oxygen atoms in total. The van der Waals surface area contributed by atoms with Crippen LogP contribution in [-0.4, -0.2) is 26.4 Å². The molecule has 0 heterocycles. The summed E-state index contributed by atoms with van der Waals surface area (Å²) >= 11 is 0. The van der Waals surface area contributed by atoms with Gasteiger partial charge in [-0.3, -0.25) is 0 Å². The van der Waals surface area contributed by atoms with Crippen molar-refractivity contribution in [2.24, 2.45) is 5.92 Å². The van der Waals surface area contributed by atoms with E-state index < -0.39 is 0 Å². The van der Waals surface area contributed by atoms with Crippen LogP contribution in [0.4, 0.5) is 0 Å². The molecule has 1 aliphatic rings. The highest BCUT2D eigenvalue weighted by molar-refractivity contribution is 5.30. The van der Waals surface area contributed by atoms with Crippen molar-refractivity contribution in [2.75, 3.05) is 20.3 Å². The number of methoxy groups -OCH3 is 1. The second-order valence-electron chi connectivity index (χ2n) is 6.10. The number of nitrogens with one attached hydrogen (secondary N) is 1. The summed E-state index contributed by atoms with van der Waals surface area (Å²) in [5.41, 5.74) is 1.24. The molecule has 118 valence electrons. The largest absolute Gasteiger partial charge is 0.497 e. The molecule has 0 aromatic heterocycles. The Bertz CT molecular complexity index is 413. The zero-order valence-electron chi connectivity index (χ0n) is 13.6. The molecular weight excluding hydrogens is 262 g/mol. The molecule has 0 radical (unpaired) electrons. The van der Waals surface area contributed by atoms with Crippen LogP contribution < -0.4 is 10.1 Å². The lowest BCUT2D eigenvalue weighted by atomic mass is 9.89. The zero-order chi connectivity index (χ0) is 15.1. The summed E-state index contributed by atoms with van der Waals surface area (Å²) in [6.45, 7) is 6.15. The minimum Gasteiger partial charge on any atom is -0.497 e. The van der Waals surface area contributed by atoms with Crippen LogP contribution in [0.3, 0.4) is 0 Å². The molecule has 2 rings (SSSR count). The first kappa shape index (κ1) is 16.3. The Hall–Kier alpha value is -1.06. The van der Waals surface area contributed by atoms with Gasteiger partial charge >= 0.3 is 0 Å². The second-order valence-corrected chi connectivity index (χ2v) is 6.10. The summed E-state index contributed by atoms with van der Waals surface area (Å²) in [6.07, 6.45) is 5.45. The highest BCUT2D eigenvalue weighted by atomic mass is 16.5. The van der Waals surface area contributed by atoms with E-state index in [1.54, 1.807) is 7.11 Å². The normalized spacial score (nSPS) is 23.8. The third-order valence-corrected chi connectivity index (χ3v) is 4.41. The average molecular weight is 291 g/mol. The van der Waals surface area contributed by atoms with E-state index in [-0.39, 0.29) is 6.04 Å². The highest BCUT2D eigenvalue weighted by Gasteiger charge is 2.20. The van der Waals surface area contributed by atoms with Gasteiger partial charge in [0.15, 0.2) is 0 Å². The predicted molar refractivity (Wildman–Crippen MR) is 86.8 cm³/mol. The first-order chi connectivity index (χ1) is 10.2. The Morgan fingerprint density at radius 2 is 2.00 bits per heavy atom. The van der Waals surface area contributed by atoms with Gasteiger partial charge in [0.25, 0.3) is 0 Å². The lowest BCUT2D eigenvalue weighted by Gasteiger charge is -2.28. The lowest BCUT2D eigenvalue weighted by Crippen LogP contribution is -2.29. The van der Waals surface area contributed by atoms with Gasteiger partial charge in [0.2, 0.25) is 0 Å². The second kappa shape index (κ2) is 8.40. The Morgan fingerprint density at radius 3 is 2.67 bits per heavy atom. The van der Waals surface area contributed by atoms with E-state index >= 15 is 0 Å². The molecule has 0 amide bonds. The summed E-state index contributed by atoms with van der Waals surface area (Å²) in [5.74, 6) is 1.77. The predicted octanol–water partition coefficient (Wildman–Crippen LogP) is 3.94. The van der Waals surface area contributed by atoms with Gasteiger partial charge in [-0.2, -0.15) is 0 Å². The smallest absolute Gasteiger partial charge is 0.119 e. The molecule has 1 unspecified atom stereocenters. The van der Waals surface area contributed by atoms with E-state index in [4.69, 9.17) is 9.47 Å². The highest BCUT2D eigenvalue weighted by Crippen LogP contribution is 2.27. The molecule has 0 bridgehead atoms. The van der Waals surface area contributed by atoms with Crippen LogP contribution in [0.25, 0.3) is 0 Å². The van der Waals surface area contributed by atoms with Gasteiger partial charge in [-0.05, 0) is 55.8 Å². The van der Waals surface area contributed by atoms with Crippen LogP contribution in [0.1, 0.15) is 51.1 Å². The minimum absolute atomic E-state index is 0.240. The minimum atomic E-state index is 0.240. The van der Waals surface area contributed by atoms with E-state index in [0.29, 0.717) is 6.10 Å². The number of benzene rings is 1. The van der Waals surface area contributed by atoms with Gasteiger partial charge < -0.3 is 14.8 Å². The monoisotopic (exact) mass is 291 g/mol. The fourth-order valence-electron chi connectivity index (χ4n) is 3.01. The summed E-state index contributed by atoms with van der Waals surface area (Å²) in [7, 11) is 1.71. The lowest BCUT2D eigenvalue weighted by molar-refractivity contribution is 0.00807. The van der Waals surface area contributed by atoms with E-state index in [1.165, 1.54) is 31.2 Å². The molecule has 1 aromatic rings. The van der Waals surface area contributed by atoms with Crippen LogP contribution in [0.5, 0.6) is 5.75 Å². The third kappa shape index (κ3) is 5.01. The molecule has 1 fully saturated rings. The molecule has 1 N–H and O–H groups in total. The zero-order valence-corrected chi connectivity index (χ0v) is 13.6. The number of hydrogen-bond acceptors (Lipinski definition) is 3. The van der Waals surface area contributed by atoms with Crippen molar-refractivity contribution in [3.63, 3.8) is 0 Å². The topological polar surface area (TPSA) is 30.5 Å². The van der Waals surface area contributed by atoms with Crippen molar-refractivity contribution in [3.8, 4) is 5.75 Å². The fourth-order valence-corrected chi connectivity index (χ4v) is 3.01. The SMILES string of the molecule is CCNC(COC1CCC(C)CC1)c1cccc(OC)c1. The van der Waals surface area contributed by atoms with Crippen molar-refractivity contribution in [3.05, 3.63) is 29.8 Å². The van der Waals surface area contributed by atoms with E-state index in [2.05, 4.69) is 31.3 Å². The van der Waals surface area contributed by atoms with Crippen molar-refractivity contribution >= 4 is 0 Å². The first-order valence-corrected chi connectivity index (χ1v) is 8.21. The quantitative estimate of drug-likeness (QED) is 0.825. The number of ether oxygens (including phenoxy) is 2. The number of hydrogen-bond donors (Lipinski definition) is 1. The van der Waals surface area contributed by atoms with Crippen molar-refractivity contribution < 1.29 is 9.47 Å². The summed E-state index contributed by atoms with van der Waals surface area (Å²) in [4.78, 5) is 0. The molecule has 21 heavy (non-hydrogen) atoms. The van der Waals surface area contributed by atoms with Gasteiger partial charge in [-0.25, -0.2) is 0 Å². The maximum absolute atomic E-state index is 6.17. The van der Waals surface area contributed by atoms with Crippen LogP contribution in [-0.2, 0) is 4.74 Å². The Labute approximate surface area is 129 Å². The van der Waals surface area contributed by atoms with Crippen molar-refractivity contribution in [2.45, 2.75) is 51.7 Å². The number of rotatable bonds is 7. The molecule has 0 spiro atoms. The van der Waals surface area contributed by atoms with E-state index in [9.17, 15) is 0 Å². The Morgan fingerprint density at radius 1 is 1.24 bits per heavy atom. The summed E-state index contributed by atoms with van der Waals surface area (Å²) in [5, 5.41) is 3.52. The van der Waals surface area contributed by atoms with Gasteiger partial charge in [-0.1, -0.05) is 26.0 Å². The van der Waals surface area contributed by atoms with Gasteiger partial charge in [-0.15, -0.1) is 0 Å². The maximum atomic E-state index is 6.17. The van der Waals surface area contributed by atoms with Crippen molar-refractivity contribution in [1.29, 1.82) is 0 Å². The fraction of sp³-hybridized carbons (Fsp3) is 0.667. The van der Waals surface area contributed by atoms with Crippen LogP contribution in [0.2, 0.25) is 0 Å². The molecule has 1 saturated carbocycles. The average Bonchev–Trinajstić information content (AvgIpc) is 2.53. The molecule has 0 saturated heterocycles. The molecule has 3 heteroatoms. The molecule has 1 aliphatic carbocycles. The Balaban J connectivity index is 1.92. The van der Waals surface area contributed by atoms with Crippen LogP contribution >= 0.6 is 0 Å². The van der Waals surface area contributed by atoms with Gasteiger partial charge in [0.05, 0.1) is 25.9 Å². The third-order valence-electron chi connectivity index (χ3n) is 4.41. The summed E-state index contributed by atoms with van der Waals surface area (Å²) in [6, 6.07) is 8.50. The van der Waals surface area contributed by atoms with Crippen LogP contribution in [0, 0.1) is 5.92 Å².